The number of carbonyl (C=O) groups is 1. The Labute approximate surface area is 129 Å². The summed E-state index contributed by atoms with van der Waals surface area (Å²) < 4.78 is 0. The molecule has 0 unspecified atom stereocenters. The van der Waals surface area contributed by atoms with Crippen LogP contribution < -0.4 is 0 Å². The normalized spacial score (nSPS) is 15.6. The number of aliphatic hydroxyl groups excluding tert-OH is 1. The minimum absolute atomic E-state index is 0.00338. The van der Waals surface area contributed by atoms with Gasteiger partial charge >= 0.3 is 0 Å². The minimum Gasteiger partial charge on any atom is -0.395 e. The summed E-state index contributed by atoms with van der Waals surface area (Å²) in [4.78, 5) is 14.3. The number of aliphatic hydroxyl groups is 1. The SMILES string of the molecule is O=C(Cc1ccc(Cl)cc1Cl)N(CCO)C1CCCC1. The second-order valence-electron chi connectivity index (χ2n) is 5.16. The standard InChI is InChI=1S/C15H19Cl2NO2/c16-12-6-5-11(14(17)10-12)9-15(20)18(7-8-19)13-3-1-2-4-13/h5-6,10,13,19H,1-4,7-9H2. The first kappa shape index (κ1) is 15.6. The molecule has 0 aliphatic heterocycles. The van der Waals surface area contributed by atoms with Crippen molar-refractivity contribution in [3.05, 3.63) is 33.8 Å². The second kappa shape index (κ2) is 7.30. The Hall–Kier alpha value is -0.770. The number of carbonyl (C=O) groups excluding carboxylic acids is 1. The molecule has 1 N–H and O–H groups in total. The number of benzene rings is 1. The monoisotopic (exact) mass is 315 g/mol. The fourth-order valence-electron chi connectivity index (χ4n) is 2.76. The number of rotatable bonds is 5. The summed E-state index contributed by atoms with van der Waals surface area (Å²) in [6.07, 6.45) is 4.62. The minimum atomic E-state index is -0.00338. The van der Waals surface area contributed by atoms with Gasteiger partial charge < -0.3 is 10.0 Å². The summed E-state index contributed by atoms with van der Waals surface area (Å²) >= 11 is 12.0. The van der Waals surface area contributed by atoms with Gasteiger partial charge in [0.15, 0.2) is 0 Å². The highest BCUT2D eigenvalue weighted by Crippen LogP contribution is 2.26. The Bertz CT molecular complexity index is 473. The van der Waals surface area contributed by atoms with Gasteiger partial charge in [0, 0.05) is 22.6 Å². The van der Waals surface area contributed by atoms with E-state index in [0.717, 1.165) is 31.2 Å². The molecule has 110 valence electrons. The van der Waals surface area contributed by atoms with Gasteiger partial charge in [-0.15, -0.1) is 0 Å². The van der Waals surface area contributed by atoms with Crippen molar-refractivity contribution in [2.75, 3.05) is 13.2 Å². The van der Waals surface area contributed by atoms with Gasteiger partial charge in [-0.3, -0.25) is 4.79 Å². The van der Waals surface area contributed by atoms with Gasteiger partial charge in [0.2, 0.25) is 5.91 Å². The molecule has 20 heavy (non-hydrogen) atoms. The molecule has 1 amide bonds. The van der Waals surface area contributed by atoms with Crippen molar-refractivity contribution >= 4 is 29.1 Å². The Kier molecular flexibility index (Phi) is 5.70. The highest BCUT2D eigenvalue weighted by Gasteiger charge is 2.26. The number of nitrogens with zero attached hydrogens (tertiary/aromatic N) is 1. The zero-order valence-electron chi connectivity index (χ0n) is 11.3. The fraction of sp³-hybridized carbons (Fsp3) is 0.533. The van der Waals surface area contributed by atoms with E-state index in [9.17, 15) is 4.79 Å². The van der Waals surface area contributed by atoms with E-state index in [1.54, 1.807) is 23.1 Å². The Balaban J connectivity index is 2.07. The lowest BCUT2D eigenvalue weighted by Gasteiger charge is -2.28. The highest BCUT2D eigenvalue weighted by molar-refractivity contribution is 6.35. The van der Waals surface area contributed by atoms with Crippen LogP contribution in [-0.4, -0.2) is 35.1 Å². The van der Waals surface area contributed by atoms with Crippen molar-refractivity contribution in [1.82, 2.24) is 4.90 Å². The first-order valence-electron chi connectivity index (χ1n) is 6.96. The van der Waals surface area contributed by atoms with Crippen LogP contribution in [0.3, 0.4) is 0 Å². The maximum absolute atomic E-state index is 12.4. The summed E-state index contributed by atoms with van der Waals surface area (Å²) in [7, 11) is 0. The topological polar surface area (TPSA) is 40.5 Å². The van der Waals surface area contributed by atoms with Crippen LogP contribution in [0.1, 0.15) is 31.2 Å². The van der Waals surface area contributed by atoms with Gasteiger partial charge in [-0.25, -0.2) is 0 Å². The molecule has 0 heterocycles. The van der Waals surface area contributed by atoms with E-state index in [4.69, 9.17) is 28.3 Å². The Morgan fingerprint density at radius 2 is 2.00 bits per heavy atom. The molecule has 1 aliphatic carbocycles. The number of hydrogen-bond acceptors (Lipinski definition) is 2. The quantitative estimate of drug-likeness (QED) is 0.905. The molecule has 0 atom stereocenters. The first-order valence-corrected chi connectivity index (χ1v) is 7.71. The third-order valence-electron chi connectivity index (χ3n) is 3.78. The maximum atomic E-state index is 12.4. The molecule has 0 saturated heterocycles. The van der Waals surface area contributed by atoms with E-state index < -0.39 is 0 Å². The zero-order valence-corrected chi connectivity index (χ0v) is 12.8. The molecule has 2 rings (SSSR count). The predicted molar refractivity (Wildman–Crippen MR) is 81.2 cm³/mol. The third kappa shape index (κ3) is 3.87. The molecular weight excluding hydrogens is 297 g/mol. The average molecular weight is 316 g/mol. The lowest BCUT2D eigenvalue weighted by atomic mass is 10.1. The van der Waals surface area contributed by atoms with Gasteiger partial charge in [-0.1, -0.05) is 42.1 Å². The Morgan fingerprint density at radius 3 is 2.60 bits per heavy atom. The molecule has 5 heteroatoms. The second-order valence-corrected chi connectivity index (χ2v) is 6.01. The number of amides is 1. The van der Waals surface area contributed by atoms with Crippen LogP contribution in [0.5, 0.6) is 0 Å². The van der Waals surface area contributed by atoms with E-state index in [1.807, 2.05) is 0 Å². The molecule has 0 spiro atoms. The molecule has 0 bridgehead atoms. The van der Waals surface area contributed by atoms with Crippen LogP contribution in [0.15, 0.2) is 18.2 Å². The number of halogens is 2. The summed E-state index contributed by atoms with van der Waals surface area (Å²) in [5.74, 6) is 0.0233. The predicted octanol–water partition coefficient (Wildman–Crippen LogP) is 3.30. The van der Waals surface area contributed by atoms with Crippen molar-refractivity contribution in [3.8, 4) is 0 Å². The average Bonchev–Trinajstić information content (AvgIpc) is 2.92. The molecule has 1 saturated carbocycles. The van der Waals surface area contributed by atoms with Gasteiger partial charge in [0.25, 0.3) is 0 Å². The lowest BCUT2D eigenvalue weighted by Crippen LogP contribution is -2.41. The lowest BCUT2D eigenvalue weighted by molar-refractivity contribution is -0.133. The molecule has 1 aromatic rings. The summed E-state index contributed by atoms with van der Waals surface area (Å²) in [6.45, 7) is 0.394. The van der Waals surface area contributed by atoms with Crippen LogP contribution in [-0.2, 0) is 11.2 Å². The van der Waals surface area contributed by atoms with Crippen LogP contribution >= 0.6 is 23.2 Å². The molecule has 0 aromatic heterocycles. The largest absolute Gasteiger partial charge is 0.395 e. The first-order chi connectivity index (χ1) is 9.61. The van der Waals surface area contributed by atoms with Crippen molar-refractivity contribution in [3.63, 3.8) is 0 Å². The molecular formula is C15H19Cl2NO2. The molecule has 1 aromatic carbocycles. The van der Waals surface area contributed by atoms with Crippen molar-refractivity contribution in [2.45, 2.75) is 38.1 Å². The van der Waals surface area contributed by atoms with E-state index in [1.165, 1.54) is 0 Å². The van der Waals surface area contributed by atoms with Gasteiger partial charge in [0.05, 0.1) is 13.0 Å². The van der Waals surface area contributed by atoms with E-state index in [-0.39, 0.29) is 25.0 Å². The van der Waals surface area contributed by atoms with Crippen LogP contribution in [0.4, 0.5) is 0 Å². The smallest absolute Gasteiger partial charge is 0.227 e. The van der Waals surface area contributed by atoms with E-state index in [2.05, 4.69) is 0 Å². The zero-order chi connectivity index (χ0) is 14.5. The summed E-state index contributed by atoms with van der Waals surface area (Å²) in [5.41, 5.74) is 0.780. The molecule has 3 nitrogen and oxygen atoms in total. The van der Waals surface area contributed by atoms with Gasteiger partial charge in [-0.05, 0) is 30.5 Å². The van der Waals surface area contributed by atoms with Gasteiger partial charge in [-0.2, -0.15) is 0 Å². The maximum Gasteiger partial charge on any atom is 0.227 e. The molecule has 1 aliphatic rings. The molecule has 1 fully saturated rings. The third-order valence-corrected chi connectivity index (χ3v) is 4.37. The van der Waals surface area contributed by atoms with E-state index >= 15 is 0 Å². The fourth-order valence-corrected chi connectivity index (χ4v) is 3.24. The van der Waals surface area contributed by atoms with Crippen molar-refractivity contribution in [2.24, 2.45) is 0 Å². The Morgan fingerprint density at radius 1 is 1.30 bits per heavy atom. The summed E-state index contributed by atoms with van der Waals surface area (Å²) in [6, 6.07) is 5.44. The van der Waals surface area contributed by atoms with Crippen molar-refractivity contribution in [1.29, 1.82) is 0 Å². The van der Waals surface area contributed by atoms with Crippen molar-refractivity contribution < 1.29 is 9.90 Å². The van der Waals surface area contributed by atoms with Crippen LogP contribution in [0.2, 0.25) is 10.0 Å². The van der Waals surface area contributed by atoms with Gasteiger partial charge in [0.1, 0.15) is 0 Å². The number of hydrogen-bond donors (Lipinski definition) is 1. The van der Waals surface area contributed by atoms with Crippen LogP contribution in [0, 0.1) is 0 Å². The highest BCUT2D eigenvalue weighted by atomic mass is 35.5. The molecule has 0 radical (unpaired) electrons. The summed E-state index contributed by atoms with van der Waals surface area (Å²) in [5, 5.41) is 10.2. The van der Waals surface area contributed by atoms with E-state index in [0.29, 0.717) is 16.6 Å². The van der Waals surface area contributed by atoms with Crippen LogP contribution in [0.25, 0.3) is 0 Å².